The van der Waals surface area contributed by atoms with Crippen LogP contribution in [-0.2, 0) is 0 Å². The Kier molecular flexibility index (Phi) is 11.9. The largest absolute Gasteiger partial charge is 0.363 e. The molecule has 12 unspecified atom stereocenters. The van der Waals surface area contributed by atoms with E-state index in [0.29, 0.717) is 70.3 Å². The Hall–Kier alpha value is -1.68. The van der Waals surface area contributed by atoms with Gasteiger partial charge in [0.05, 0.1) is 0 Å². The number of allylic oxidation sites excluding steroid dienone is 4. The highest BCUT2D eigenvalue weighted by Crippen LogP contribution is 2.75. The van der Waals surface area contributed by atoms with E-state index in [0.717, 1.165) is 35.4 Å². The Morgan fingerprint density at radius 2 is 1.14 bits per heavy atom. The molecular formula is C66H104BN3. The molecule has 12 atom stereocenters. The van der Waals surface area contributed by atoms with E-state index in [1.807, 2.05) is 11.0 Å². The minimum absolute atomic E-state index is 0.102. The van der Waals surface area contributed by atoms with Crippen molar-refractivity contribution < 1.29 is 0 Å². The summed E-state index contributed by atoms with van der Waals surface area (Å²) in [6, 6.07) is 2.77. The van der Waals surface area contributed by atoms with E-state index in [2.05, 4.69) is 141 Å². The highest BCUT2D eigenvalue weighted by molar-refractivity contribution is 6.71. The standard InChI is InChI=1S/C66H104BN3/c1-60(2,3)44-25-29-47(30-26-44)68(48-31-27-45(28-32-48)61(4,5)6)49-41-54-57-55(42-49)70-59-52(34-33-50(43-23-17-14-18-24-43)56(59)66(64(70,12)13)37-21-16-22-38-66)67(57)53-40-46(62(7,8)9)39-51-58(53)69(54)63(10,11)65(51)35-19-15-20-36-65/h25,27,29,31,39,41,43-45,47-48,50-53,55-56,58-59H,14-24,26,28,30,32-38,40,42H2,1-13H3. The molecule has 386 valence electrons. The van der Waals surface area contributed by atoms with Crippen molar-refractivity contribution in [3.05, 3.63) is 58.9 Å². The number of fused-ring (bicyclic) bond motifs is 6. The zero-order valence-electron chi connectivity index (χ0n) is 47.7. The van der Waals surface area contributed by atoms with Crippen LogP contribution in [0.25, 0.3) is 0 Å². The van der Waals surface area contributed by atoms with E-state index in [4.69, 9.17) is 0 Å². The van der Waals surface area contributed by atoms with E-state index >= 15 is 0 Å². The normalized spacial score (nSPS) is 40.8. The van der Waals surface area contributed by atoms with Crippen molar-refractivity contribution in [2.45, 2.75) is 291 Å². The SMILES string of the molecule is CC(C)(C)C1=CC2C3C(C1)B1C4=C(C=C(N(C5C=CC(C(C)(C)C)CC5)C5C=CC(C(C)(C)C)CC5)CC4N4C5C1CCC(C1CCCCC1)C5C1(CCCCC1)C4(C)C)N3C(C)(C)C21CCCCC1. The third-order valence-corrected chi connectivity index (χ3v) is 25.2. The van der Waals surface area contributed by atoms with E-state index < -0.39 is 0 Å². The van der Waals surface area contributed by atoms with E-state index in [-0.39, 0.29) is 16.5 Å². The smallest absolute Gasteiger partial charge is 0.185 e. The van der Waals surface area contributed by atoms with Crippen molar-refractivity contribution in [1.82, 2.24) is 14.7 Å². The predicted octanol–water partition coefficient (Wildman–Crippen LogP) is 17.2. The Balaban J connectivity index is 1.08. The van der Waals surface area contributed by atoms with Crippen LogP contribution in [0.1, 0.15) is 238 Å². The van der Waals surface area contributed by atoms with Gasteiger partial charge < -0.3 is 9.80 Å². The van der Waals surface area contributed by atoms with Crippen molar-refractivity contribution in [1.29, 1.82) is 0 Å². The maximum Gasteiger partial charge on any atom is 0.185 e. The van der Waals surface area contributed by atoms with Crippen molar-refractivity contribution in [2.24, 2.45) is 62.6 Å². The summed E-state index contributed by atoms with van der Waals surface area (Å²) < 4.78 is 0. The van der Waals surface area contributed by atoms with Crippen LogP contribution in [0, 0.1) is 62.6 Å². The van der Waals surface area contributed by atoms with Crippen molar-refractivity contribution in [2.75, 3.05) is 0 Å². The summed E-state index contributed by atoms with van der Waals surface area (Å²) in [6.07, 6.45) is 49.6. The summed E-state index contributed by atoms with van der Waals surface area (Å²) in [5, 5.41) is 0. The number of rotatable bonds is 4. The van der Waals surface area contributed by atoms with E-state index in [1.54, 1.807) is 11.4 Å². The van der Waals surface area contributed by atoms with Gasteiger partial charge in [0, 0.05) is 70.4 Å². The first kappa shape index (κ1) is 49.2. The number of nitrogens with zero attached hydrogens (tertiary/aromatic N) is 3. The van der Waals surface area contributed by atoms with E-state index in [1.165, 1.54) is 148 Å². The molecule has 8 aliphatic carbocycles. The first-order valence-corrected chi connectivity index (χ1v) is 31.0. The molecule has 0 amide bonds. The van der Waals surface area contributed by atoms with Gasteiger partial charge in [0.25, 0.3) is 0 Å². The minimum Gasteiger partial charge on any atom is -0.363 e. The molecule has 0 aromatic carbocycles. The van der Waals surface area contributed by atoms with Crippen LogP contribution in [0.15, 0.2) is 58.9 Å². The van der Waals surface area contributed by atoms with Gasteiger partial charge >= 0.3 is 0 Å². The van der Waals surface area contributed by atoms with Crippen LogP contribution in [0.3, 0.4) is 0 Å². The van der Waals surface area contributed by atoms with Gasteiger partial charge in [-0.1, -0.05) is 187 Å². The molecule has 0 aromatic rings. The van der Waals surface area contributed by atoms with Gasteiger partial charge in [-0.05, 0) is 154 Å². The molecule has 4 aliphatic heterocycles. The van der Waals surface area contributed by atoms with Gasteiger partial charge in [-0.2, -0.15) is 0 Å². The second-order valence-electron chi connectivity index (χ2n) is 31.6. The fraction of sp³-hybridized carbons (Fsp3) is 0.848. The first-order valence-electron chi connectivity index (χ1n) is 31.0. The lowest BCUT2D eigenvalue weighted by Gasteiger charge is -2.63. The molecule has 4 heteroatoms. The predicted molar refractivity (Wildman–Crippen MR) is 298 cm³/mol. The Bertz CT molecular complexity index is 2120. The van der Waals surface area contributed by atoms with Gasteiger partial charge in [0.15, 0.2) is 6.71 Å². The summed E-state index contributed by atoms with van der Waals surface area (Å²) in [5.74, 6) is 6.24. The second-order valence-corrected chi connectivity index (χ2v) is 31.6. The van der Waals surface area contributed by atoms with Crippen LogP contribution in [0.4, 0.5) is 0 Å². The number of hydrogen-bond acceptors (Lipinski definition) is 3. The molecule has 0 aromatic heterocycles. The molecule has 70 heavy (non-hydrogen) atoms. The third kappa shape index (κ3) is 7.12. The highest BCUT2D eigenvalue weighted by atomic mass is 15.4. The van der Waals surface area contributed by atoms with Gasteiger partial charge in [0.2, 0.25) is 0 Å². The fourth-order valence-electron chi connectivity index (χ4n) is 21.8. The molecule has 0 N–H and O–H groups in total. The van der Waals surface area contributed by atoms with Crippen LogP contribution in [0.2, 0.25) is 11.6 Å². The molecule has 3 saturated heterocycles. The maximum atomic E-state index is 3.49. The second kappa shape index (κ2) is 16.9. The van der Waals surface area contributed by atoms with Crippen molar-refractivity contribution in [3.63, 3.8) is 0 Å². The molecule has 2 spiro atoms. The van der Waals surface area contributed by atoms with Crippen molar-refractivity contribution >= 4 is 6.71 Å². The lowest BCUT2D eigenvalue weighted by atomic mass is 9.21. The monoisotopic (exact) mass is 950 g/mol. The summed E-state index contributed by atoms with van der Waals surface area (Å²) in [5.41, 5.74) is 9.20. The molecule has 12 rings (SSSR count). The molecule has 7 fully saturated rings. The third-order valence-electron chi connectivity index (χ3n) is 25.2. The lowest BCUT2D eigenvalue weighted by Crippen LogP contribution is -2.68. The summed E-state index contributed by atoms with van der Waals surface area (Å²) in [4.78, 5) is 9.93. The average Bonchev–Trinajstić information content (AvgIpc) is 3.63. The summed E-state index contributed by atoms with van der Waals surface area (Å²) in [7, 11) is 0. The molecule has 0 bridgehead atoms. The summed E-state index contributed by atoms with van der Waals surface area (Å²) in [6.45, 7) is 34.8. The fourth-order valence-corrected chi connectivity index (χ4v) is 21.8. The Morgan fingerprint density at radius 1 is 0.571 bits per heavy atom. The molecule has 0 radical (unpaired) electrons. The molecule has 3 nitrogen and oxygen atoms in total. The zero-order chi connectivity index (χ0) is 49.1. The van der Waals surface area contributed by atoms with Crippen LogP contribution in [-0.4, -0.2) is 62.7 Å². The Labute approximate surface area is 431 Å². The average molecular weight is 950 g/mol. The van der Waals surface area contributed by atoms with Gasteiger partial charge in [-0.15, -0.1) is 0 Å². The minimum atomic E-state index is 0.102. The van der Waals surface area contributed by atoms with Gasteiger partial charge in [-0.25, -0.2) is 0 Å². The van der Waals surface area contributed by atoms with E-state index in [9.17, 15) is 0 Å². The van der Waals surface area contributed by atoms with Crippen molar-refractivity contribution in [3.8, 4) is 0 Å². The highest BCUT2D eigenvalue weighted by Gasteiger charge is 2.76. The molecule has 12 aliphatic rings. The van der Waals surface area contributed by atoms with Crippen LogP contribution >= 0.6 is 0 Å². The molecular weight excluding hydrogens is 846 g/mol. The number of hydrogen-bond donors (Lipinski definition) is 0. The first-order chi connectivity index (χ1) is 33.1. The lowest BCUT2D eigenvalue weighted by molar-refractivity contribution is -0.0191. The summed E-state index contributed by atoms with van der Waals surface area (Å²) >= 11 is 0. The quantitative estimate of drug-likeness (QED) is 0.205. The van der Waals surface area contributed by atoms with Crippen LogP contribution in [0.5, 0.6) is 0 Å². The van der Waals surface area contributed by atoms with Gasteiger partial charge in [0.1, 0.15) is 0 Å². The zero-order valence-corrected chi connectivity index (χ0v) is 47.7. The van der Waals surface area contributed by atoms with Crippen LogP contribution < -0.4 is 0 Å². The molecule has 4 saturated carbocycles. The topological polar surface area (TPSA) is 9.72 Å². The maximum absolute atomic E-state index is 3.49. The molecule has 4 heterocycles. The van der Waals surface area contributed by atoms with Gasteiger partial charge in [-0.3, -0.25) is 4.90 Å². The Morgan fingerprint density at radius 3 is 1.69 bits per heavy atom.